The van der Waals surface area contributed by atoms with Crippen LogP contribution in [0.2, 0.25) is 0 Å². The molecule has 180 valence electrons. The first kappa shape index (κ1) is 24.2. The van der Waals surface area contributed by atoms with Gasteiger partial charge in [-0.05, 0) is 53.8 Å². The highest BCUT2D eigenvalue weighted by Crippen LogP contribution is 2.42. The smallest absolute Gasteiger partial charge is 0.296 e. The normalized spacial score (nSPS) is 17.6. The molecule has 6 heteroatoms. The van der Waals surface area contributed by atoms with Gasteiger partial charge in [0, 0.05) is 17.3 Å². The predicted octanol–water partition coefficient (Wildman–Crippen LogP) is 5.32. The molecule has 1 aliphatic heterocycles. The Kier molecular flexibility index (Phi) is 6.48. The Hall–Kier alpha value is -3.93. The third-order valence-corrected chi connectivity index (χ3v) is 6.36. The molecule has 1 N–H and O–H groups in total. The van der Waals surface area contributed by atoms with Gasteiger partial charge in [-0.2, -0.15) is 0 Å². The van der Waals surface area contributed by atoms with Crippen LogP contribution in [-0.4, -0.2) is 33.8 Å². The van der Waals surface area contributed by atoms with Crippen LogP contribution < -0.4 is 4.74 Å². The van der Waals surface area contributed by atoms with Crippen LogP contribution in [0.5, 0.6) is 5.75 Å². The third-order valence-electron chi connectivity index (χ3n) is 6.36. The first-order valence-corrected chi connectivity index (χ1v) is 11.6. The van der Waals surface area contributed by atoms with E-state index in [0.29, 0.717) is 17.0 Å². The summed E-state index contributed by atoms with van der Waals surface area (Å²) in [6.45, 7) is 8.23. The molecule has 2 aromatic carbocycles. The maximum absolute atomic E-state index is 13.4. The van der Waals surface area contributed by atoms with Crippen molar-refractivity contribution in [3.63, 3.8) is 0 Å². The fourth-order valence-corrected chi connectivity index (χ4v) is 4.52. The molecule has 1 saturated heterocycles. The van der Waals surface area contributed by atoms with Crippen LogP contribution in [0.4, 0.5) is 0 Å². The van der Waals surface area contributed by atoms with Crippen LogP contribution in [0, 0.1) is 6.92 Å². The maximum atomic E-state index is 13.4. The lowest BCUT2D eigenvalue weighted by Crippen LogP contribution is -2.29. The molecule has 1 aromatic heterocycles. The number of hydrogen-bond donors (Lipinski definition) is 1. The van der Waals surface area contributed by atoms with Crippen LogP contribution in [0.1, 0.15) is 54.8 Å². The van der Waals surface area contributed by atoms with Crippen molar-refractivity contribution in [2.24, 2.45) is 0 Å². The van der Waals surface area contributed by atoms with Crippen LogP contribution in [0.15, 0.2) is 72.4 Å². The number of benzene rings is 2. The van der Waals surface area contributed by atoms with Crippen molar-refractivity contribution in [1.82, 2.24) is 9.88 Å². The maximum Gasteiger partial charge on any atom is 0.296 e. The Morgan fingerprint density at radius 1 is 1.06 bits per heavy atom. The average molecular weight is 471 g/mol. The molecule has 4 rings (SSSR count). The van der Waals surface area contributed by atoms with E-state index >= 15 is 0 Å². The minimum Gasteiger partial charge on any atom is -0.507 e. The second-order valence-electron chi connectivity index (χ2n) is 9.77. The number of ether oxygens (including phenoxy) is 1. The molecule has 1 amide bonds. The Balaban J connectivity index is 1.91. The molecule has 0 radical (unpaired) electrons. The fraction of sp³-hybridized carbons (Fsp3) is 0.276. The van der Waals surface area contributed by atoms with Crippen molar-refractivity contribution in [1.29, 1.82) is 0 Å². The van der Waals surface area contributed by atoms with Gasteiger partial charge in [-0.1, -0.05) is 51.1 Å². The largest absolute Gasteiger partial charge is 0.507 e. The van der Waals surface area contributed by atoms with Crippen LogP contribution >= 0.6 is 0 Å². The van der Waals surface area contributed by atoms with Gasteiger partial charge in [-0.25, -0.2) is 0 Å². The quantitative estimate of drug-likeness (QED) is 0.310. The summed E-state index contributed by atoms with van der Waals surface area (Å²) in [7, 11) is 1.60. The highest BCUT2D eigenvalue weighted by Gasteiger charge is 2.46. The minimum atomic E-state index is -0.738. The number of likely N-dealkylation sites (tertiary alicyclic amines) is 1. The highest BCUT2D eigenvalue weighted by atomic mass is 16.5. The van der Waals surface area contributed by atoms with Crippen molar-refractivity contribution in [3.8, 4) is 5.75 Å². The lowest BCUT2D eigenvalue weighted by molar-refractivity contribution is -0.140. The van der Waals surface area contributed by atoms with Crippen LogP contribution in [0.25, 0.3) is 5.76 Å². The van der Waals surface area contributed by atoms with Crippen LogP contribution in [-0.2, 0) is 21.5 Å². The van der Waals surface area contributed by atoms with Gasteiger partial charge in [0.05, 0.1) is 31.0 Å². The minimum absolute atomic E-state index is 0.0743. The number of carbonyl (C=O) groups excluding carboxylic acids is 2. The van der Waals surface area contributed by atoms with E-state index in [0.717, 1.165) is 16.7 Å². The first-order valence-electron chi connectivity index (χ1n) is 11.6. The SMILES string of the molecule is COc1ccc(/C(O)=C2\C(=O)C(=O)N(Cc3ccccn3)C2c2ccccc2C)cc1C(C)(C)C. The van der Waals surface area contributed by atoms with Crippen molar-refractivity contribution in [2.75, 3.05) is 7.11 Å². The summed E-state index contributed by atoms with van der Waals surface area (Å²) in [6.07, 6.45) is 1.65. The summed E-state index contributed by atoms with van der Waals surface area (Å²) in [5.74, 6) is -0.872. The van der Waals surface area contributed by atoms with Gasteiger partial charge in [0.2, 0.25) is 0 Å². The summed E-state index contributed by atoms with van der Waals surface area (Å²) in [5, 5.41) is 11.5. The van der Waals surface area contributed by atoms with Gasteiger partial charge >= 0.3 is 0 Å². The summed E-state index contributed by atoms with van der Waals surface area (Å²) < 4.78 is 5.53. The Morgan fingerprint density at radius 3 is 2.40 bits per heavy atom. The lowest BCUT2D eigenvalue weighted by atomic mass is 9.84. The molecule has 1 aliphatic rings. The number of aliphatic hydroxyl groups is 1. The molecule has 1 fully saturated rings. The van der Waals surface area contributed by atoms with Gasteiger partial charge in [0.15, 0.2) is 0 Å². The Bertz CT molecular complexity index is 1310. The van der Waals surface area contributed by atoms with E-state index in [9.17, 15) is 14.7 Å². The van der Waals surface area contributed by atoms with E-state index in [1.54, 1.807) is 31.5 Å². The summed E-state index contributed by atoms with van der Waals surface area (Å²) >= 11 is 0. The Labute approximate surface area is 205 Å². The average Bonchev–Trinajstić information content (AvgIpc) is 3.08. The van der Waals surface area contributed by atoms with Gasteiger partial charge in [0.1, 0.15) is 11.5 Å². The number of carbonyl (C=O) groups is 2. The molecular weight excluding hydrogens is 440 g/mol. The topological polar surface area (TPSA) is 79.7 Å². The van der Waals surface area contributed by atoms with Gasteiger partial charge in [0.25, 0.3) is 11.7 Å². The number of pyridine rings is 1. The van der Waals surface area contributed by atoms with E-state index in [2.05, 4.69) is 4.98 Å². The van der Waals surface area contributed by atoms with E-state index in [4.69, 9.17) is 4.74 Å². The predicted molar refractivity (Wildman–Crippen MR) is 135 cm³/mol. The zero-order valence-corrected chi connectivity index (χ0v) is 20.7. The molecule has 35 heavy (non-hydrogen) atoms. The standard InChI is InChI=1S/C29H30N2O4/c1-18-10-6-7-12-21(18)25-24(27(33)28(34)31(25)17-20-11-8-9-15-30-20)26(32)19-13-14-23(35-5)22(16-19)29(2,3)4/h6-16,25,32H,17H2,1-5H3/b26-24+. The number of aryl methyl sites for hydroxylation is 1. The van der Waals surface area contributed by atoms with Crippen molar-refractivity contribution in [3.05, 3.63) is 100 Å². The van der Waals surface area contributed by atoms with E-state index < -0.39 is 17.7 Å². The molecule has 1 unspecified atom stereocenters. The molecular formula is C29H30N2O4. The van der Waals surface area contributed by atoms with E-state index in [1.807, 2.05) is 70.2 Å². The number of aliphatic hydroxyl groups excluding tert-OH is 1. The lowest BCUT2D eigenvalue weighted by Gasteiger charge is -2.26. The van der Waals surface area contributed by atoms with Gasteiger partial charge < -0.3 is 14.7 Å². The molecule has 0 saturated carbocycles. The van der Waals surface area contributed by atoms with Gasteiger partial charge in [-0.15, -0.1) is 0 Å². The van der Waals surface area contributed by atoms with E-state index in [-0.39, 0.29) is 23.3 Å². The number of nitrogens with zero attached hydrogens (tertiary/aromatic N) is 2. The zero-order chi connectivity index (χ0) is 25.3. The second-order valence-corrected chi connectivity index (χ2v) is 9.77. The van der Waals surface area contributed by atoms with Crippen LogP contribution in [0.3, 0.4) is 0 Å². The molecule has 0 spiro atoms. The number of methoxy groups -OCH3 is 1. The summed E-state index contributed by atoms with van der Waals surface area (Å²) in [5.41, 5.74) is 3.53. The number of hydrogen-bond acceptors (Lipinski definition) is 5. The monoisotopic (exact) mass is 470 g/mol. The fourth-order valence-electron chi connectivity index (χ4n) is 4.52. The number of aromatic nitrogens is 1. The molecule has 1 atom stereocenters. The molecule has 2 heterocycles. The summed E-state index contributed by atoms with van der Waals surface area (Å²) in [4.78, 5) is 32.5. The van der Waals surface area contributed by atoms with E-state index in [1.165, 1.54) is 4.90 Å². The van der Waals surface area contributed by atoms with Crippen molar-refractivity contribution in [2.45, 2.75) is 45.7 Å². The third kappa shape index (κ3) is 4.56. The van der Waals surface area contributed by atoms with Crippen molar-refractivity contribution < 1.29 is 19.4 Å². The number of amides is 1. The Morgan fingerprint density at radius 2 is 1.77 bits per heavy atom. The second kappa shape index (κ2) is 9.37. The van der Waals surface area contributed by atoms with Gasteiger partial charge in [-0.3, -0.25) is 14.6 Å². The molecule has 6 nitrogen and oxygen atoms in total. The number of Topliss-reactive ketones (excluding diaryl/α,β-unsaturated/α-hetero) is 1. The first-order chi connectivity index (χ1) is 16.6. The summed E-state index contributed by atoms with van der Waals surface area (Å²) in [6, 6.07) is 17.6. The molecule has 3 aromatic rings. The zero-order valence-electron chi connectivity index (χ0n) is 20.7. The molecule has 0 aliphatic carbocycles. The number of ketones is 1. The van der Waals surface area contributed by atoms with Crippen molar-refractivity contribution >= 4 is 17.4 Å². The molecule has 0 bridgehead atoms. The highest BCUT2D eigenvalue weighted by molar-refractivity contribution is 6.46. The number of rotatable bonds is 5.